The SMILES string of the molecule is Cc1cccc(N(c2ccc(C3(N=C=NC4CCCCC4)CCCCC3)cc2)c2cccc(C)c2)c1.Nc1ccc(-c2ccc(N)cc2-c2ccccc2)cc1. The lowest BCUT2D eigenvalue weighted by Crippen LogP contribution is -2.26. The van der Waals surface area contributed by atoms with Gasteiger partial charge in [-0.25, -0.2) is 9.98 Å². The Labute approximate surface area is 333 Å². The zero-order chi connectivity index (χ0) is 38.7. The van der Waals surface area contributed by atoms with E-state index in [1.54, 1.807) is 0 Å². The predicted molar refractivity (Wildman–Crippen MR) is 238 cm³/mol. The zero-order valence-electron chi connectivity index (χ0n) is 33.0. The molecule has 2 fully saturated rings. The van der Waals surface area contributed by atoms with Crippen LogP contribution in [-0.4, -0.2) is 12.1 Å². The van der Waals surface area contributed by atoms with Gasteiger partial charge >= 0.3 is 0 Å². The topological polar surface area (TPSA) is 80.0 Å². The number of nitrogens with zero attached hydrogens (tertiary/aromatic N) is 3. The molecule has 284 valence electrons. The van der Waals surface area contributed by atoms with Crippen molar-refractivity contribution >= 4 is 34.4 Å². The molecule has 56 heavy (non-hydrogen) atoms. The highest BCUT2D eigenvalue weighted by molar-refractivity contribution is 5.86. The molecule has 0 spiro atoms. The summed E-state index contributed by atoms with van der Waals surface area (Å²) in [5.74, 6) is 0. The molecule has 0 saturated heterocycles. The van der Waals surface area contributed by atoms with Gasteiger partial charge in [-0.15, -0.1) is 0 Å². The van der Waals surface area contributed by atoms with Gasteiger partial charge in [0.15, 0.2) is 0 Å². The van der Waals surface area contributed by atoms with E-state index in [0.29, 0.717) is 6.04 Å². The van der Waals surface area contributed by atoms with Crippen LogP contribution in [-0.2, 0) is 5.54 Å². The number of aliphatic imine (C=N–C) groups is 2. The number of hydrogen-bond acceptors (Lipinski definition) is 5. The van der Waals surface area contributed by atoms with E-state index in [-0.39, 0.29) is 5.54 Å². The molecular weight excluding hydrogens is 683 g/mol. The normalized spacial score (nSPS) is 15.1. The molecule has 2 aliphatic rings. The summed E-state index contributed by atoms with van der Waals surface area (Å²) in [4.78, 5) is 12.2. The van der Waals surface area contributed by atoms with Crippen LogP contribution in [0.1, 0.15) is 80.9 Å². The van der Waals surface area contributed by atoms with Gasteiger partial charge in [0.05, 0.1) is 17.6 Å². The first kappa shape index (κ1) is 38.4. The van der Waals surface area contributed by atoms with Crippen LogP contribution in [0.25, 0.3) is 22.3 Å². The van der Waals surface area contributed by atoms with Gasteiger partial charge in [-0.05, 0) is 139 Å². The van der Waals surface area contributed by atoms with Crippen molar-refractivity contribution in [3.63, 3.8) is 0 Å². The van der Waals surface area contributed by atoms with Gasteiger partial charge in [0.2, 0.25) is 0 Å². The third-order valence-electron chi connectivity index (χ3n) is 11.3. The molecule has 4 N–H and O–H groups in total. The third-order valence-corrected chi connectivity index (χ3v) is 11.3. The van der Waals surface area contributed by atoms with Crippen LogP contribution in [0.15, 0.2) is 156 Å². The van der Waals surface area contributed by atoms with Crippen molar-refractivity contribution in [1.29, 1.82) is 0 Å². The molecule has 0 heterocycles. The monoisotopic (exact) mass is 737 g/mol. The molecule has 0 unspecified atom stereocenters. The smallest absolute Gasteiger partial charge is 0.0966 e. The van der Waals surface area contributed by atoms with E-state index < -0.39 is 0 Å². The van der Waals surface area contributed by atoms with E-state index in [2.05, 4.69) is 116 Å². The lowest BCUT2D eigenvalue weighted by atomic mass is 9.77. The van der Waals surface area contributed by atoms with Crippen LogP contribution in [0, 0.1) is 13.8 Å². The average molecular weight is 738 g/mol. The Morgan fingerprint density at radius 1 is 0.536 bits per heavy atom. The predicted octanol–water partition coefficient (Wildman–Crippen LogP) is 13.6. The molecule has 0 radical (unpaired) electrons. The van der Waals surface area contributed by atoms with Crippen molar-refractivity contribution in [3.8, 4) is 22.3 Å². The number of hydrogen-bond donors (Lipinski definition) is 2. The minimum atomic E-state index is -0.188. The minimum absolute atomic E-state index is 0.188. The number of rotatable bonds is 8. The molecule has 6 aromatic rings. The number of benzene rings is 6. The summed E-state index contributed by atoms with van der Waals surface area (Å²) in [7, 11) is 0. The molecule has 2 saturated carbocycles. The molecule has 0 atom stereocenters. The van der Waals surface area contributed by atoms with Crippen LogP contribution < -0.4 is 16.4 Å². The minimum Gasteiger partial charge on any atom is -0.399 e. The van der Waals surface area contributed by atoms with Gasteiger partial charge < -0.3 is 16.4 Å². The van der Waals surface area contributed by atoms with Crippen LogP contribution in [0.4, 0.5) is 28.4 Å². The van der Waals surface area contributed by atoms with E-state index >= 15 is 0 Å². The van der Waals surface area contributed by atoms with E-state index in [1.807, 2.05) is 54.6 Å². The lowest BCUT2D eigenvalue weighted by Gasteiger charge is -2.33. The van der Waals surface area contributed by atoms with Crippen LogP contribution in [0.2, 0.25) is 0 Å². The first-order valence-corrected chi connectivity index (χ1v) is 20.4. The van der Waals surface area contributed by atoms with Crippen molar-refractivity contribution in [2.45, 2.75) is 89.6 Å². The molecule has 0 aliphatic heterocycles. The maximum absolute atomic E-state index is 5.95. The first-order valence-electron chi connectivity index (χ1n) is 20.4. The molecule has 0 amide bonds. The fourth-order valence-corrected chi connectivity index (χ4v) is 8.25. The summed E-state index contributed by atoms with van der Waals surface area (Å²) in [5, 5.41) is 0. The lowest BCUT2D eigenvalue weighted by molar-refractivity contribution is 0.306. The molecule has 6 aromatic carbocycles. The second-order valence-electron chi connectivity index (χ2n) is 15.6. The van der Waals surface area contributed by atoms with Crippen molar-refractivity contribution in [2.24, 2.45) is 9.98 Å². The molecule has 5 heteroatoms. The molecule has 2 aliphatic carbocycles. The summed E-state index contributed by atoms with van der Waals surface area (Å²) in [6, 6.07) is 54.4. The van der Waals surface area contributed by atoms with Crippen LogP contribution in [0.5, 0.6) is 0 Å². The number of anilines is 5. The summed E-state index contributed by atoms with van der Waals surface area (Å²) >= 11 is 0. The highest BCUT2D eigenvalue weighted by atomic mass is 15.1. The Kier molecular flexibility index (Phi) is 12.4. The molecule has 0 aromatic heterocycles. The Morgan fingerprint density at radius 2 is 1.12 bits per heavy atom. The fraction of sp³-hybridized carbons (Fsp3) is 0.275. The van der Waals surface area contributed by atoms with Gasteiger partial charge in [0, 0.05) is 28.4 Å². The van der Waals surface area contributed by atoms with E-state index in [9.17, 15) is 0 Å². The largest absolute Gasteiger partial charge is 0.399 e. The summed E-state index contributed by atoms with van der Waals surface area (Å²) in [5.41, 5.74) is 25.0. The summed E-state index contributed by atoms with van der Waals surface area (Å²) in [6.07, 6.45) is 12.2. The fourth-order valence-electron chi connectivity index (χ4n) is 8.25. The van der Waals surface area contributed by atoms with Gasteiger partial charge in [-0.1, -0.05) is 123 Å². The Hall–Kier alpha value is -5.90. The Morgan fingerprint density at radius 3 is 1.75 bits per heavy atom. The second kappa shape index (κ2) is 18.2. The number of nitrogen functional groups attached to an aromatic ring is 2. The van der Waals surface area contributed by atoms with Gasteiger partial charge in [0.25, 0.3) is 0 Å². The maximum Gasteiger partial charge on any atom is 0.0966 e. The highest BCUT2D eigenvalue weighted by Gasteiger charge is 2.33. The summed E-state index contributed by atoms with van der Waals surface area (Å²) in [6.45, 7) is 4.31. The summed E-state index contributed by atoms with van der Waals surface area (Å²) < 4.78 is 0. The molecule has 0 bridgehead atoms. The molecule has 8 rings (SSSR count). The molecule has 5 nitrogen and oxygen atoms in total. The van der Waals surface area contributed by atoms with Crippen LogP contribution >= 0.6 is 0 Å². The second-order valence-corrected chi connectivity index (χ2v) is 15.6. The first-order chi connectivity index (χ1) is 27.4. The van der Waals surface area contributed by atoms with Gasteiger partial charge in [-0.2, -0.15) is 0 Å². The average Bonchev–Trinajstić information content (AvgIpc) is 3.23. The van der Waals surface area contributed by atoms with Crippen molar-refractivity contribution in [2.75, 3.05) is 16.4 Å². The molecular formula is C51H55N5. The Bertz CT molecular complexity index is 2190. The van der Waals surface area contributed by atoms with E-state index in [4.69, 9.17) is 21.5 Å². The van der Waals surface area contributed by atoms with E-state index in [1.165, 1.54) is 85.1 Å². The van der Waals surface area contributed by atoms with E-state index in [0.717, 1.165) is 46.5 Å². The van der Waals surface area contributed by atoms with Crippen LogP contribution in [0.3, 0.4) is 0 Å². The highest BCUT2D eigenvalue weighted by Crippen LogP contribution is 2.43. The van der Waals surface area contributed by atoms with Gasteiger partial charge in [-0.3, -0.25) is 0 Å². The number of aryl methyl sites for hydroxylation is 2. The van der Waals surface area contributed by atoms with Crippen molar-refractivity contribution in [1.82, 2.24) is 0 Å². The maximum atomic E-state index is 5.95. The van der Waals surface area contributed by atoms with Gasteiger partial charge in [0.1, 0.15) is 0 Å². The Balaban J connectivity index is 0.000000202. The zero-order valence-corrected chi connectivity index (χ0v) is 33.0. The van der Waals surface area contributed by atoms with Crippen molar-refractivity contribution in [3.05, 3.63) is 162 Å². The quantitative estimate of drug-likeness (QED) is 0.121. The van der Waals surface area contributed by atoms with Crippen molar-refractivity contribution < 1.29 is 0 Å². The number of nitrogens with two attached hydrogens (primary N) is 2. The standard InChI is InChI=1S/C33H39N3.C18H16N2/c1-26-11-9-15-31(23-26)36(32-16-10-12-27(2)24-32)30-19-17-28(18-20-30)33(21-7-4-8-22-33)35-25-34-29-13-5-3-6-14-29;19-15-8-6-14(7-9-15)17-11-10-16(20)12-18(17)13-4-2-1-3-5-13/h9-12,15-20,23-24,29H,3-8,13-14,21-22H2,1-2H3;1-12H,19-20H2. The third kappa shape index (κ3) is 9.48.